The molecular weight excluding hydrogens is 334 g/mol. The summed E-state index contributed by atoms with van der Waals surface area (Å²) in [6.07, 6.45) is 10.8. The molecule has 2 rings (SSSR count). The highest BCUT2D eigenvalue weighted by molar-refractivity contribution is 9.10. The first kappa shape index (κ1) is 16.1. The number of rotatable bonds is 4. The first-order valence-electron chi connectivity index (χ1n) is 7.09. The lowest BCUT2D eigenvalue weighted by Gasteiger charge is -2.40. The van der Waals surface area contributed by atoms with E-state index in [0.717, 1.165) is 19.3 Å². The third-order valence-corrected chi connectivity index (χ3v) is 4.79. The van der Waals surface area contributed by atoms with E-state index in [1.165, 1.54) is 11.1 Å². The molecule has 2 atom stereocenters. The quantitative estimate of drug-likeness (QED) is 0.812. The minimum absolute atomic E-state index is 0.0389. The van der Waals surface area contributed by atoms with Gasteiger partial charge in [0.25, 0.3) is 5.56 Å². The Morgan fingerprint density at radius 1 is 1.71 bits per heavy atom. The van der Waals surface area contributed by atoms with Crippen molar-refractivity contribution in [1.29, 1.82) is 0 Å². The summed E-state index contributed by atoms with van der Waals surface area (Å²) in [5.41, 5.74) is -0.0431. The van der Waals surface area contributed by atoms with E-state index < -0.39 is 0 Å². The Morgan fingerprint density at radius 2 is 2.48 bits per heavy atom. The van der Waals surface area contributed by atoms with Crippen molar-refractivity contribution in [2.24, 2.45) is 5.92 Å². The van der Waals surface area contributed by atoms with Crippen LogP contribution in [-0.4, -0.2) is 27.0 Å². The molecule has 6 heteroatoms. The van der Waals surface area contributed by atoms with Gasteiger partial charge in [-0.15, -0.1) is 6.42 Å². The number of hydrogen-bond donors (Lipinski definition) is 2. The lowest BCUT2D eigenvalue weighted by molar-refractivity contribution is 0.149. The van der Waals surface area contributed by atoms with Crippen LogP contribution in [0.3, 0.4) is 0 Å². The fourth-order valence-corrected chi connectivity index (χ4v) is 3.40. The monoisotopic (exact) mass is 353 g/mol. The van der Waals surface area contributed by atoms with Gasteiger partial charge in [0.2, 0.25) is 0 Å². The third-order valence-electron chi connectivity index (χ3n) is 4.02. The fraction of sp³-hybridized carbons (Fsp3) is 0.600. The summed E-state index contributed by atoms with van der Waals surface area (Å²) in [4.78, 5) is 12.1. The predicted molar refractivity (Wildman–Crippen MR) is 86.1 cm³/mol. The number of hydrogen-bond acceptors (Lipinski definition) is 4. The van der Waals surface area contributed by atoms with Crippen molar-refractivity contribution in [3.63, 3.8) is 0 Å². The molecule has 0 saturated heterocycles. The van der Waals surface area contributed by atoms with Crippen molar-refractivity contribution < 1.29 is 5.11 Å². The van der Waals surface area contributed by atoms with Crippen LogP contribution in [0.15, 0.2) is 15.5 Å². The van der Waals surface area contributed by atoms with Crippen LogP contribution in [-0.2, 0) is 6.54 Å². The summed E-state index contributed by atoms with van der Waals surface area (Å²) in [6, 6.07) is 0. The number of aliphatic hydroxyl groups is 1. The van der Waals surface area contributed by atoms with Gasteiger partial charge < -0.3 is 10.4 Å². The largest absolute Gasteiger partial charge is 0.394 e. The van der Waals surface area contributed by atoms with Crippen LogP contribution in [0.4, 0.5) is 5.69 Å². The van der Waals surface area contributed by atoms with E-state index >= 15 is 0 Å². The second kappa shape index (κ2) is 6.63. The van der Waals surface area contributed by atoms with Gasteiger partial charge in [-0.3, -0.25) is 4.79 Å². The van der Waals surface area contributed by atoms with Gasteiger partial charge in [0.05, 0.1) is 24.0 Å². The zero-order valence-corrected chi connectivity index (χ0v) is 13.7. The second-order valence-corrected chi connectivity index (χ2v) is 6.60. The maximum Gasteiger partial charge on any atom is 0.284 e. The lowest BCUT2D eigenvalue weighted by Crippen LogP contribution is -2.46. The molecule has 2 N–H and O–H groups in total. The molecule has 2 unspecified atom stereocenters. The zero-order valence-electron chi connectivity index (χ0n) is 12.1. The van der Waals surface area contributed by atoms with Crippen molar-refractivity contribution in [3.8, 4) is 12.3 Å². The van der Waals surface area contributed by atoms with Crippen LogP contribution >= 0.6 is 15.9 Å². The lowest BCUT2D eigenvalue weighted by atomic mass is 9.77. The van der Waals surface area contributed by atoms with Gasteiger partial charge in [-0.1, -0.05) is 25.7 Å². The second-order valence-electron chi connectivity index (χ2n) is 5.80. The Labute approximate surface area is 132 Å². The van der Waals surface area contributed by atoms with E-state index in [2.05, 4.69) is 39.2 Å². The van der Waals surface area contributed by atoms with Gasteiger partial charge in [-0.25, -0.2) is 4.68 Å². The molecule has 1 aromatic rings. The van der Waals surface area contributed by atoms with E-state index in [0.29, 0.717) is 16.1 Å². The van der Waals surface area contributed by atoms with Gasteiger partial charge in [0, 0.05) is 0 Å². The van der Waals surface area contributed by atoms with Crippen LogP contribution in [0.25, 0.3) is 0 Å². The van der Waals surface area contributed by atoms with Gasteiger partial charge >= 0.3 is 0 Å². The van der Waals surface area contributed by atoms with Crippen LogP contribution < -0.4 is 10.9 Å². The SMILES string of the molecule is C#CCn1ncc(NC2(CO)CCCC(C)C2)c(Br)c1=O. The van der Waals surface area contributed by atoms with E-state index in [1.54, 1.807) is 6.20 Å². The number of aromatic nitrogens is 2. The number of anilines is 1. The van der Waals surface area contributed by atoms with Crippen molar-refractivity contribution in [2.75, 3.05) is 11.9 Å². The maximum atomic E-state index is 12.1. The van der Waals surface area contributed by atoms with Crippen molar-refractivity contribution >= 4 is 21.6 Å². The smallest absolute Gasteiger partial charge is 0.284 e. The Bertz CT molecular complexity index is 608. The van der Waals surface area contributed by atoms with Crippen LogP contribution in [0.2, 0.25) is 0 Å². The number of aliphatic hydroxyl groups excluding tert-OH is 1. The van der Waals surface area contributed by atoms with Crippen molar-refractivity contribution in [3.05, 3.63) is 21.0 Å². The molecule has 21 heavy (non-hydrogen) atoms. The Balaban J connectivity index is 2.28. The molecular formula is C15H20BrN3O2. The molecule has 1 aromatic heterocycles. The highest BCUT2D eigenvalue weighted by atomic mass is 79.9. The first-order chi connectivity index (χ1) is 10.0. The highest BCUT2D eigenvalue weighted by Gasteiger charge is 2.35. The molecule has 0 aliphatic heterocycles. The molecule has 0 bridgehead atoms. The summed E-state index contributed by atoms with van der Waals surface area (Å²) in [6.45, 7) is 2.36. The number of nitrogens with one attached hydrogen (secondary N) is 1. The van der Waals surface area contributed by atoms with Gasteiger partial charge in [0.1, 0.15) is 11.0 Å². The minimum atomic E-state index is -0.382. The van der Waals surface area contributed by atoms with E-state index in [-0.39, 0.29) is 24.2 Å². The van der Waals surface area contributed by atoms with Gasteiger partial charge in [-0.2, -0.15) is 5.10 Å². The maximum absolute atomic E-state index is 12.1. The minimum Gasteiger partial charge on any atom is -0.394 e. The topological polar surface area (TPSA) is 67.2 Å². The fourth-order valence-electron chi connectivity index (χ4n) is 2.99. The predicted octanol–water partition coefficient (Wildman–Crippen LogP) is 1.99. The van der Waals surface area contributed by atoms with Crippen molar-refractivity contribution in [2.45, 2.75) is 44.7 Å². The molecule has 1 heterocycles. The standard InChI is InChI=1S/C15H20BrN3O2/c1-3-7-19-14(21)13(16)12(9-17-19)18-15(10-20)6-4-5-11(2)8-15/h1,9,11,18,20H,4-8,10H2,2H3. The van der Waals surface area contributed by atoms with Crippen molar-refractivity contribution in [1.82, 2.24) is 9.78 Å². The number of halogens is 1. The molecule has 0 radical (unpaired) electrons. The van der Waals surface area contributed by atoms with Crippen LogP contribution in [0.5, 0.6) is 0 Å². The third kappa shape index (κ3) is 3.47. The molecule has 1 saturated carbocycles. The molecule has 1 fully saturated rings. The highest BCUT2D eigenvalue weighted by Crippen LogP contribution is 2.35. The Kier molecular flexibility index (Phi) is 5.07. The van der Waals surface area contributed by atoms with E-state index in [4.69, 9.17) is 6.42 Å². The normalized spacial score (nSPS) is 25.3. The number of nitrogens with zero attached hydrogens (tertiary/aromatic N) is 2. The first-order valence-corrected chi connectivity index (χ1v) is 7.89. The average Bonchev–Trinajstić information content (AvgIpc) is 2.47. The molecule has 0 aromatic carbocycles. The summed E-state index contributed by atoms with van der Waals surface area (Å²) in [5, 5.41) is 17.2. The molecule has 0 spiro atoms. The summed E-state index contributed by atoms with van der Waals surface area (Å²) >= 11 is 3.31. The van der Waals surface area contributed by atoms with Crippen LogP contribution in [0, 0.1) is 18.3 Å². The average molecular weight is 354 g/mol. The van der Waals surface area contributed by atoms with Gasteiger partial charge in [0.15, 0.2) is 0 Å². The van der Waals surface area contributed by atoms with Crippen LogP contribution in [0.1, 0.15) is 32.6 Å². The molecule has 1 aliphatic carbocycles. The van der Waals surface area contributed by atoms with E-state index in [1.807, 2.05) is 0 Å². The number of terminal acetylenes is 1. The molecule has 0 amide bonds. The van der Waals surface area contributed by atoms with E-state index in [9.17, 15) is 9.90 Å². The Morgan fingerprint density at radius 3 is 3.10 bits per heavy atom. The molecule has 1 aliphatic rings. The summed E-state index contributed by atoms with van der Waals surface area (Å²) in [5.74, 6) is 2.94. The molecule has 114 valence electrons. The molecule has 5 nitrogen and oxygen atoms in total. The Hall–Kier alpha value is -1.32. The summed E-state index contributed by atoms with van der Waals surface area (Å²) in [7, 11) is 0. The zero-order chi connectivity index (χ0) is 15.5. The van der Waals surface area contributed by atoms with Gasteiger partial charge in [-0.05, 0) is 34.7 Å². The summed E-state index contributed by atoms with van der Waals surface area (Å²) < 4.78 is 1.63.